The van der Waals surface area contributed by atoms with Gasteiger partial charge in [-0.2, -0.15) is 4.31 Å². The molecule has 1 heterocycles. The molecule has 3 amide bonds. The van der Waals surface area contributed by atoms with Crippen molar-refractivity contribution in [1.29, 1.82) is 0 Å². The molecule has 1 saturated heterocycles. The van der Waals surface area contributed by atoms with E-state index in [0.29, 0.717) is 28.9 Å². The Morgan fingerprint density at radius 1 is 1.03 bits per heavy atom. The van der Waals surface area contributed by atoms with Gasteiger partial charge in [0, 0.05) is 19.1 Å². The normalized spacial score (nSPS) is 16.5. The van der Waals surface area contributed by atoms with E-state index < -0.39 is 40.0 Å². The van der Waals surface area contributed by atoms with Gasteiger partial charge in [-0.25, -0.2) is 13.2 Å². The number of esters is 1. The van der Waals surface area contributed by atoms with Crippen molar-refractivity contribution >= 4 is 27.9 Å². The third-order valence-corrected chi connectivity index (χ3v) is 7.51. The van der Waals surface area contributed by atoms with E-state index in [1.807, 2.05) is 19.1 Å². The molecule has 2 N–H and O–H groups in total. The van der Waals surface area contributed by atoms with Gasteiger partial charge in [-0.15, -0.1) is 0 Å². The molecule has 1 aromatic rings. The van der Waals surface area contributed by atoms with Crippen molar-refractivity contribution in [3.63, 3.8) is 0 Å². The van der Waals surface area contributed by atoms with Crippen LogP contribution in [0.15, 0.2) is 17.0 Å². The van der Waals surface area contributed by atoms with Crippen LogP contribution in [0.3, 0.4) is 0 Å². The molecule has 0 aliphatic carbocycles. The smallest absolute Gasteiger partial charge is 0.321 e. The molecule has 1 aliphatic heterocycles. The van der Waals surface area contributed by atoms with Crippen molar-refractivity contribution in [1.82, 2.24) is 14.9 Å². The first-order valence-electron chi connectivity index (χ1n) is 10.7. The topological polar surface area (TPSA) is 122 Å². The molecule has 1 fully saturated rings. The zero-order valence-electron chi connectivity index (χ0n) is 19.5. The van der Waals surface area contributed by atoms with Gasteiger partial charge in [-0.05, 0) is 65.5 Å². The van der Waals surface area contributed by atoms with E-state index in [2.05, 4.69) is 10.6 Å². The fraction of sp³-hybridized carbons (Fsp3) is 0.591. The van der Waals surface area contributed by atoms with Gasteiger partial charge in [-0.1, -0.05) is 17.7 Å². The number of imide groups is 1. The molecule has 1 atom stereocenters. The number of carbonyl (C=O) groups is 3. The lowest BCUT2D eigenvalue weighted by molar-refractivity contribution is -0.159. The monoisotopic (exact) mass is 467 g/mol. The summed E-state index contributed by atoms with van der Waals surface area (Å²) in [4.78, 5) is 36.5. The molecule has 0 spiro atoms. The fourth-order valence-corrected chi connectivity index (χ4v) is 5.75. The molecule has 0 radical (unpaired) electrons. The number of nitrogens with zero attached hydrogens (tertiary/aromatic N) is 1. The highest BCUT2D eigenvalue weighted by Crippen LogP contribution is 2.29. The lowest BCUT2D eigenvalue weighted by Gasteiger charge is -2.31. The van der Waals surface area contributed by atoms with Crippen LogP contribution in [0.4, 0.5) is 4.79 Å². The molecule has 1 unspecified atom stereocenters. The Bertz CT molecular complexity index is 958. The van der Waals surface area contributed by atoms with Crippen LogP contribution in [0, 0.1) is 26.7 Å². The van der Waals surface area contributed by atoms with Crippen molar-refractivity contribution in [2.45, 2.75) is 71.4 Å². The van der Waals surface area contributed by atoms with Gasteiger partial charge >= 0.3 is 12.0 Å². The van der Waals surface area contributed by atoms with Crippen molar-refractivity contribution < 1.29 is 27.5 Å². The first kappa shape index (κ1) is 25.8. The highest BCUT2D eigenvalue weighted by molar-refractivity contribution is 7.89. The molecule has 178 valence electrons. The van der Waals surface area contributed by atoms with Gasteiger partial charge in [0.1, 0.15) is 0 Å². The van der Waals surface area contributed by atoms with Crippen LogP contribution < -0.4 is 10.6 Å². The molecular weight excluding hydrogens is 434 g/mol. The van der Waals surface area contributed by atoms with Gasteiger partial charge in [0.05, 0.1) is 10.8 Å². The highest BCUT2D eigenvalue weighted by atomic mass is 32.2. The van der Waals surface area contributed by atoms with Gasteiger partial charge in [-0.3, -0.25) is 14.9 Å². The largest absolute Gasteiger partial charge is 0.452 e. The number of aryl methyl sites for hydroxylation is 3. The standard InChI is InChI=1S/C22H33N3O6S/c1-13(2)23-22(28)24-20(26)17(6)31-21(27)18-7-9-25(10-8-18)32(29,30)19-15(4)11-14(3)12-16(19)5/h11-13,17-18H,7-10H2,1-6H3,(H2,23,24,26,28). The maximum absolute atomic E-state index is 13.2. The first-order chi connectivity index (χ1) is 14.8. The maximum Gasteiger partial charge on any atom is 0.321 e. The minimum absolute atomic E-state index is 0.144. The first-order valence-corrected chi connectivity index (χ1v) is 12.2. The summed E-state index contributed by atoms with van der Waals surface area (Å²) >= 11 is 0. The summed E-state index contributed by atoms with van der Waals surface area (Å²) in [6, 6.07) is 2.89. The number of sulfonamides is 1. The number of urea groups is 1. The van der Waals surface area contributed by atoms with Crippen molar-refractivity contribution in [3.8, 4) is 0 Å². The molecule has 9 nitrogen and oxygen atoms in total. The number of hydrogen-bond donors (Lipinski definition) is 2. The molecule has 1 aliphatic rings. The second kappa shape index (κ2) is 10.4. The molecule has 0 aromatic heterocycles. The molecule has 0 saturated carbocycles. The lowest BCUT2D eigenvalue weighted by Crippen LogP contribution is -2.47. The van der Waals surface area contributed by atoms with Crippen LogP contribution in [0.1, 0.15) is 50.3 Å². The number of rotatable bonds is 6. The maximum atomic E-state index is 13.2. The van der Waals surface area contributed by atoms with E-state index in [9.17, 15) is 22.8 Å². The predicted molar refractivity (Wildman–Crippen MR) is 120 cm³/mol. The second-order valence-corrected chi connectivity index (χ2v) is 10.5. The Labute approximate surface area is 189 Å². The number of ether oxygens (including phenoxy) is 1. The van der Waals surface area contributed by atoms with Gasteiger partial charge in [0.25, 0.3) is 5.91 Å². The quantitative estimate of drug-likeness (QED) is 0.619. The molecule has 10 heteroatoms. The Balaban J connectivity index is 1.95. The minimum Gasteiger partial charge on any atom is -0.452 e. The SMILES string of the molecule is Cc1cc(C)c(S(=O)(=O)N2CCC(C(=O)OC(C)C(=O)NC(=O)NC(C)C)CC2)c(C)c1. The van der Waals surface area contributed by atoms with Crippen LogP contribution in [-0.2, 0) is 24.3 Å². The molecule has 32 heavy (non-hydrogen) atoms. The van der Waals surface area contributed by atoms with Crippen molar-refractivity contribution in [3.05, 3.63) is 28.8 Å². The summed E-state index contributed by atoms with van der Waals surface area (Å²) in [6.07, 6.45) is -0.547. The number of carbonyl (C=O) groups excluding carboxylic acids is 3. The number of piperidine rings is 1. The minimum atomic E-state index is -3.68. The van der Waals surface area contributed by atoms with Crippen molar-refractivity contribution in [2.24, 2.45) is 5.92 Å². The third kappa shape index (κ3) is 6.29. The number of hydrogen-bond acceptors (Lipinski definition) is 6. The summed E-state index contributed by atoms with van der Waals surface area (Å²) in [7, 11) is -3.68. The van der Waals surface area contributed by atoms with E-state index in [1.54, 1.807) is 27.7 Å². The van der Waals surface area contributed by atoms with Crippen LogP contribution in [0.5, 0.6) is 0 Å². The number of nitrogens with one attached hydrogen (secondary N) is 2. The predicted octanol–water partition coefficient (Wildman–Crippen LogP) is 2.18. The van der Waals surface area contributed by atoms with Gasteiger partial charge in [0.15, 0.2) is 6.10 Å². The lowest BCUT2D eigenvalue weighted by atomic mass is 9.98. The van der Waals surface area contributed by atoms with Gasteiger partial charge < -0.3 is 10.1 Å². The van der Waals surface area contributed by atoms with E-state index >= 15 is 0 Å². The summed E-state index contributed by atoms with van der Waals surface area (Å²) < 4.78 is 33.0. The summed E-state index contributed by atoms with van der Waals surface area (Å²) in [5.41, 5.74) is 2.40. The van der Waals surface area contributed by atoms with E-state index in [-0.39, 0.29) is 19.1 Å². The van der Waals surface area contributed by atoms with E-state index in [1.165, 1.54) is 11.2 Å². The Hall–Kier alpha value is -2.46. The fourth-order valence-electron chi connectivity index (χ4n) is 3.87. The molecule has 1 aromatic carbocycles. The van der Waals surface area contributed by atoms with Crippen LogP contribution in [0.2, 0.25) is 0 Å². The summed E-state index contributed by atoms with van der Waals surface area (Å²) in [5.74, 6) is -1.81. The average molecular weight is 468 g/mol. The van der Waals surface area contributed by atoms with Gasteiger partial charge in [0.2, 0.25) is 10.0 Å². The molecule has 2 rings (SSSR count). The second-order valence-electron chi connectivity index (χ2n) is 8.60. The zero-order valence-corrected chi connectivity index (χ0v) is 20.3. The van der Waals surface area contributed by atoms with E-state index in [0.717, 1.165) is 5.56 Å². The van der Waals surface area contributed by atoms with Crippen LogP contribution in [0.25, 0.3) is 0 Å². The molecule has 0 bridgehead atoms. The Morgan fingerprint density at radius 2 is 1.56 bits per heavy atom. The summed E-state index contributed by atoms with van der Waals surface area (Å²) in [6.45, 7) is 10.8. The average Bonchev–Trinajstić information content (AvgIpc) is 2.66. The van der Waals surface area contributed by atoms with Crippen molar-refractivity contribution in [2.75, 3.05) is 13.1 Å². The number of benzene rings is 1. The van der Waals surface area contributed by atoms with Crippen LogP contribution in [-0.4, -0.2) is 55.9 Å². The van der Waals surface area contributed by atoms with Crippen LogP contribution >= 0.6 is 0 Å². The van der Waals surface area contributed by atoms with E-state index in [4.69, 9.17) is 4.74 Å². The zero-order chi connectivity index (χ0) is 24.2. The third-order valence-electron chi connectivity index (χ3n) is 5.31. The highest BCUT2D eigenvalue weighted by Gasteiger charge is 2.35. The molecular formula is C22H33N3O6S. The Morgan fingerprint density at radius 3 is 2.06 bits per heavy atom. The summed E-state index contributed by atoms with van der Waals surface area (Å²) in [5, 5.41) is 4.64. The Kier molecular flexibility index (Phi) is 8.41. The number of amides is 3.